The Hall–Kier alpha value is -0.610. The first-order valence-electron chi connectivity index (χ1n) is 4.43. The number of anilines is 1. The minimum Gasteiger partial charge on any atom is -0.396 e. The van der Waals surface area contributed by atoms with E-state index < -0.39 is 0 Å². The van der Waals surface area contributed by atoms with Gasteiger partial charge in [0.2, 0.25) is 0 Å². The zero-order valence-corrected chi connectivity index (χ0v) is 9.51. The largest absolute Gasteiger partial charge is 0.396 e. The Morgan fingerprint density at radius 2 is 2.29 bits per heavy atom. The van der Waals surface area contributed by atoms with Crippen LogP contribution in [0.3, 0.4) is 0 Å². The van der Waals surface area contributed by atoms with Gasteiger partial charge in [0.25, 0.3) is 0 Å². The van der Waals surface area contributed by atoms with Crippen molar-refractivity contribution < 1.29 is 9.50 Å². The average molecular weight is 262 g/mol. The lowest BCUT2D eigenvalue weighted by molar-refractivity contribution is 0.244. The molecular formula is C10H13BrFNO. The molecule has 0 radical (unpaired) electrons. The van der Waals surface area contributed by atoms with Gasteiger partial charge in [-0.2, -0.15) is 0 Å². The zero-order chi connectivity index (χ0) is 10.6. The fourth-order valence-electron chi connectivity index (χ4n) is 0.963. The predicted molar refractivity (Wildman–Crippen MR) is 58.8 cm³/mol. The van der Waals surface area contributed by atoms with E-state index in [-0.39, 0.29) is 18.3 Å². The van der Waals surface area contributed by atoms with Crippen molar-refractivity contribution >= 4 is 21.6 Å². The zero-order valence-electron chi connectivity index (χ0n) is 7.93. The number of benzene rings is 1. The van der Waals surface area contributed by atoms with E-state index in [4.69, 9.17) is 5.11 Å². The molecule has 1 atom stereocenters. The molecule has 0 fully saturated rings. The highest BCUT2D eigenvalue weighted by atomic mass is 79.9. The Bertz CT molecular complexity index is 306. The number of rotatable bonds is 4. The molecule has 0 aliphatic carbocycles. The molecular weight excluding hydrogens is 249 g/mol. The van der Waals surface area contributed by atoms with Crippen LogP contribution in [0.5, 0.6) is 0 Å². The molecule has 0 bridgehead atoms. The lowest BCUT2D eigenvalue weighted by Crippen LogP contribution is -2.14. The Morgan fingerprint density at radius 1 is 1.57 bits per heavy atom. The van der Waals surface area contributed by atoms with Crippen molar-refractivity contribution in [3.8, 4) is 0 Å². The van der Waals surface area contributed by atoms with Crippen molar-refractivity contribution in [1.29, 1.82) is 0 Å². The van der Waals surface area contributed by atoms with Gasteiger partial charge in [0.05, 0.1) is 4.47 Å². The molecule has 2 N–H and O–H groups in total. The van der Waals surface area contributed by atoms with Crippen molar-refractivity contribution in [2.45, 2.75) is 6.92 Å². The molecule has 78 valence electrons. The third-order valence-electron chi connectivity index (χ3n) is 1.89. The predicted octanol–water partition coefficient (Wildman–Crippen LogP) is 2.63. The number of aliphatic hydroxyl groups is 1. The van der Waals surface area contributed by atoms with Crippen LogP contribution in [0.25, 0.3) is 0 Å². The summed E-state index contributed by atoms with van der Waals surface area (Å²) < 4.78 is 13.5. The second-order valence-electron chi connectivity index (χ2n) is 3.30. The molecule has 0 heterocycles. The second kappa shape index (κ2) is 5.32. The van der Waals surface area contributed by atoms with E-state index in [1.54, 1.807) is 12.1 Å². The summed E-state index contributed by atoms with van der Waals surface area (Å²) in [6.45, 7) is 2.69. The first-order chi connectivity index (χ1) is 6.63. The van der Waals surface area contributed by atoms with Crippen LogP contribution in [0, 0.1) is 11.7 Å². The molecule has 0 aromatic heterocycles. The van der Waals surface area contributed by atoms with Crippen LogP contribution in [0.1, 0.15) is 6.92 Å². The smallest absolute Gasteiger partial charge is 0.139 e. The lowest BCUT2D eigenvalue weighted by atomic mass is 10.2. The molecule has 0 spiro atoms. The SMILES string of the molecule is CC(CO)CNc1ccc(Br)c(F)c1. The van der Waals surface area contributed by atoms with E-state index in [1.165, 1.54) is 6.07 Å². The highest BCUT2D eigenvalue weighted by Crippen LogP contribution is 2.19. The highest BCUT2D eigenvalue weighted by Gasteiger charge is 2.02. The summed E-state index contributed by atoms with van der Waals surface area (Å²) in [7, 11) is 0. The Balaban J connectivity index is 2.55. The monoisotopic (exact) mass is 261 g/mol. The topological polar surface area (TPSA) is 32.3 Å². The molecule has 0 aliphatic rings. The first kappa shape index (κ1) is 11.5. The highest BCUT2D eigenvalue weighted by molar-refractivity contribution is 9.10. The Morgan fingerprint density at radius 3 is 2.86 bits per heavy atom. The second-order valence-corrected chi connectivity index (χ2v) is 4.15. The van der Waals surface area contributed by atoms with Crippen LogP contribution in [0.15, 0.2) is 22.7 Å². The average Bonchev–Trinajstić information content (AvgIpc) is 2.19. The molecule has 1 unspecified atom stereocenters. The van der Waals surface area contributed by atoms with Gasteiger partial charge in [-0.15, -0.1) is 0 Å². The molecule has 0 saturated heterocycles. The van der Waals surface area contributed by atoms with E-state index in [0.717, 1.165) is 5.69 Å². The number of halogens is 2. The molecule has 4 heteroatoms. The van der Waals surface area contributed by atoms with E-state index >= 15 is 0 Å². The maximum absolute atomic E-state index is 13.0. The minimum absolute atomic E-state index is 0.131. The van der Waals surface area contributed by atoms with Crippen molar-refractivity contribution in [2.75, 3.05) is 18.5 Å². The molecule has 1 aromatic rings. The van der Waals surface area contributed by atoms with Crippen molar-refractivity contribution in [3.63, 3.8) is 0 Å². The summed E-state index contributed by atoms with van der Waals surface area (Å²) in [4.78, 5) is 0. The maximum atomic E-state index is 13.0. The fourth-order valence-corrected chi connectivity index (χ4v) is 1.21. The van der Waals surface area contributed by atoms with Crippen molar-refractivity contribution in [1.82, 2.24) is 0 Å². The normalized spacial score (nSPS) is 12.6. The van der Waals surface area contributed by atoms with Crippen LogP contribution >= 0.6 is 15.9 Å². The summed E-state index contributed by atoms with van der Waals surface area (Å²) in [5.74, 6) is -0.117. The summed E-state index contributed by atoms with van der Waals surface area (Å²) in [5.41, 5.74) is 0.728. The Labute approximate surface area is 91.3 Å². The van der Waals surface area contributed by atoms with Gasteiger partial charge in [0.1, 0.15) is 5.82 Å². The van der Waals surface area contributed by atoms with E-state index in [0.29, 0.717) is 11.0 Å². The van der Waals surface area contributed by atoms with Gasteiger partial charge in [-0.05, 0) is 40.0 Å². The van der Waals surface area contributed by atoms with Gasteiger partial charge in [-0.3, -0.25) is 0 Å². The molecule has 0 aliphatic heterocycles. The molecule has 0 saturated carbocycles. The van der Waals surface area contributed by atoms with Crippen LogP contribution < -0.4 is 5.32 Å². The van der Waals surface area contributed by atoms with E-state index in [2.05, 4.69) is 21.2 Å². The lowest BCUT2D eigenvalue weighted by Gasteiger charge is -2.10. The molecule has 2 nitrogen and oxygen atoms in total. The molecule has 1 aromatic carbocycles. The number of nitrogens with one attached hydrogen (secondary N) is 1. The van der Waals surface area contributed by atoms with Gasteiger partial charge in [-0.25, -0.2) is 4.39 Å². The number of aliphatic hydroxyl groups excluding tert-OH is 1. The number of hydrogen-bond acceptors (Lipinski definition) is 2. The van der Waals surface area contributed by atoms with Gasteiger partial charge in [0, 0.05) is 18.8 Å². The minimum atomic E-state index is -0.286. The Kier molecular flexibility index (Phi) is 4.35. The summed E-state index contributed by atoms with van der Waals surface area (Å²) in [6, 6.07) is 4.87. The molecule has 1 rings (SSSR count). The third kappa shape index (κ3) is 3.27. The van der Waals surface area contributed by atoms with E-state index in [9.17, 15) is 4.39 Å². The maximum Gasteiger partial charge on any atom is 0.139 e. The van der Waals surface area contributed by atoms with Crippen LogP contribution in [0.2, 0.25) is 0 Å². The van der Waals surface area contributed by atoms with Crippen LogP contribution in [0.4, 0.5) is 10.1 Å². The van der Waals surface area contributed by atoms with Crippen molar-refractivity contribution in [3.05, 3.63) is 28.5 Å². The van der Waals surface area contributed by atoms with Crippen molar-refractivity contribution in [2.24, 2.45) is 5.92 Å². The molecule has 0 amide bonds. The number of hydrogen-bond donors (Lipinski definition) is 2. The van der Waals surface area contributed by atoms with Crippen LogP contribution in [-0.2, 0) is 0 Å². The fraction of sp³-hybridized carbons (Fsp3) is 0.400. The van der Waals surface area contributed by atoms with Gasteiger partial charge in [-0.1, -0.05) is 6.92 Å². The quantitative estimate of drug-likeness (QED) is 0.874. The van der Waals surface area contributed by atoms with Gasteiger partial charge in [0.15, 0.2) is 0 Å². The summed E-state index contributed by atoms with van der Waals surface area (Å²) in [5, 5.41) is 11.8. The first-order valence-corrected chi connectivity index (χ1v) is 5.22. The van der Waals surface area contributed by atoms with E-state index in [1.807, 2.05) is 6.92 Å². The summed E-state index contributed by atoms with van der Waals surface area (Å²) >= 11 is 3.08. The van der Waals surface area contributed by atoms with Crippen LogP contribution in [-0.4, -0.2) is 18.3 Å². The molecule has 14 heavy (non-hydrogen) atoms. The van der Waals surface area contributed by atoms with Gasteiger partial charge >= 0.3 is 0 Å². The standard InChI is InChI=1S/C10H13BrFNO/c1-7(6-14)5-13-8-2-3-9(11)10(12)4-8/h2-4,7,13-14H,5-6H2,1H3. The summed E-state index contributed by atoms with van der Waals surface area (Å²) in [6.07, 6.45) is 0. The van der Waals surface area contributed by atoms with Gasteiger partial charge < -0.3 is 10.4 Å². The third-order valence-corrected chi connectivity index (χ3v) is 2.53.